The third-order valence-electron chi connectivity index (χ3n) is 2.35. The van der Waals surface area contributed by atoms with Gasteiger partial charge >= 0.3 is 0 Å². The molecule has 5 nitrogen and oxygen atoms in total. The zero-order valence-electron chi connectivity index (χ0n) is 9.99. The highest BCUT2D eigenvalue weighted by atomic mass is 32.2. The Kier molecular flexibility index (Phi) is 6.56. The standard InChI is InChI=1S/C12H17NO4S/c14-8-6-13(7-9-15)12(16)10-18(17)11-4-2-1-3-5-11/h1-5,14-15H,6-10H2. The van der Waals surface area contributed by atoms with Gasteiger partial charge in [-0.05, 0) is 12.1 Å². The molecule has 1 atom stereocenters. The second kappa shape index (κ2) is 7.97. The predicted octanol–water partition coefficient (Wildman–Crippen LogP) is -0.393. The molecule has 0 aromatic heterocycles. The molecular weight excluding hydrogens is 254 g/mol. The number of nitrogens with zero attached hydrogens (tertiary/aromatic N) is 1. The Morgan fingerprint density at radius 1 is 1.11 bits per heavy atom. The Bertz CT molecular complexity index is 390. The van der Waals surface area contributed by atoms with Crippen LogP contribution in [0, 0.1) is 0 Å². The van der Waals surface area contributed by atoms with Gasteiger partial charge in [0.25, 0.3) is 0 Å². The van der Waals surface area contributed by atoms with Crippen molar-refractivity contribution in [2.45, 2.75) is 4.90 Å². The minimum atomic E-state index is -1.40. The van der Waals surface area contributed by atoms with E-state index in [0.29, 0.717) is 4.90 Å². The number of benzene rings is 1. The summed E-state index contributed by atoms with van der Waals surface area (Å²) in [4.78, 5) is 13.7. The average Bonchev–Trinajstić information content (AvgIpc) is 2.39. The highest BCUT2D eigenvalue weighted by molar-refractivity contribution is 7.85. The first kappa shape index (κ1) is 14.8. The van der Waals surface area contributed by atoms with Crippen molar-refractivity contribution in [2.24, 2.45) is 0 Å². The normalized spacial score (nSPS) is 12.1. The molecule has 0 aliphatic carbocycles. The molecule has 1 aromatic carbocycles. The van der Waals surface area contributed by atoms with E-state index in [1.165, 1.54) is 4.90 Å². The van der Waals surface area contributed by atoms with Crippen LogP contribution in [0.3, 0.4) is 0 Å². The van der Waals surface area contributed by atoms with Gasteiger partial charge in [-0.2, -0.15) is 0 Å². The molecule has 1 amide bonds. The van der Waals surface area contributed by atoms with Crippen molar-refractivity contribution in [1.82, 2.24) is 4.90 Å². The summed E-state index contributed by atoms with van der Waals surface area (Å²) in [6, 6.07) is 8.73. The highest BCUT2D eigenvalue weighted by Gasteiger charge is 2.16. The van der Waals surface area contributed by atoms with E-state index in [2.05, 4.69) is 0 Å². The van der Waals surface area contributed by atoms with Crippen LogP contribution in [0.2, 0.25) is 0 Å². The lowest BCUT2D eigenvalue weighted by molar-refractivity contribution is -0.129. The molecule has 100 valence electrons. The van der Waals surface area contributed by atoms with Crippen LogP contribution in [0.15, 0.2) is 35.2 Å². The zero-order valence-corrected chi connectivity index (χ0v) is 10.8. The third kappa shape index (κ3) is 4.56. The highest BCUT2D eigenvalue weighted by Crippen LogP contribution is 2.06. The lowest BCUT2D eigenvalue weighted by Crippen LogP contribution is -2.38. The Hall–Kier alpha value is -1.24. The van der Waals surface area contributed by atoms with Crippen molar-refractivity contribution in [2.75, 3.05) is 32.1 Å². The maximum Gasteiger partial charge on any atom is 0.235 e. The number of hydrogen-bond acceptors (Lipinski definition) is 4. The molecule has 2 N–H and O–H groups in total. The fourth-order valence-electron chi connectivity index (χ4n) is 1.46. The zero-order chi connectivity index (χ0) is 13.4. The van der Waals surface area contributed by atoms with E-state index in [4.69, 9.17) is 10.2 Å². The molecule has 0 heterocycles. The fraction of sp³-hybridized carbons (Fsp3) is 0.417. The summed E-state index contributed by atoms with van der Waals surface area (Å²) >= 11 is 0. The SMILES string of the molecule is O=C(CS(=O)c1ccccc1)N(CCO)CCO. The Morgan fingerprint density at radius 2 is 1.67 bits per heavy atom. The summed E-state index contributed by atoms with van der Waals surface area (Å²) in [5.41, 5.74) is 0. The van der Waals surface area contributed by atoms with Crippen LogP contribution in [0.4, 0.5) is 0 Å². The fourth-order valence-corrected chi connectivity index (χ4v) is 2.50. The van der Waals surface area contributed by atoms with Crippen molar-refractivity contribution >= 4 is 16.7 Å². The molecule has 6 heteroatoms. The lowest BCUT2D eigenvalue weighted by Gasteiger charge is -2.20. The summed E-state index contributed by atoms with van der Waals surface area (Å²) in [5.74, 6) is -0.468. The van der Waals surface area contributed by atoms with Gasteiger partial charge in [0.15, 0.2) is 0 Å². The molecule has 0 fully saturated rings. The van der Waals surface area contributed by atoms with Crippen LogP contribution in [0.25, 0.3) is 0 Å². The van der Waals surface area contributed by atoms with Crippen LogP contribution in [-0.4, -0.2) is 57.3 Å². The molecule has 0 saturated carbocycles. The van der Waals surface area contributed by atoms with E-state index in [9.17, 15) is 9.00 Å². The number of hydrogen-bond donors (Lipinski definition) is 2. The minimum absolute atomic E-state index is 0.135. The number of rotatable bonds is 7. The molecule has 1 aromatic rings. The number of carbonyl (C=O) groups is 1. The Labute approximate surface area is 109 Å². The van der Waals surface area contributed by atoms with E-state index in [0.717, 1.165) is 0 Å². The molecule has 0 spiro atoms. The van der Waals surface area contributed by atoms with Gasteiger partial charge in [0.1, 0.15) is 5.75 Å². The number of aliphatic hydroxyl groups is 2. The van der Waals surface area contributed by atoms with Crippen LogP contribution in [0.1, 0.15) is 0 Å². The molecule has 1 rings (SSSR count). The second-order valence-electron chi connectivity index (χ2n) is 3.63. The first-order valence-electron chi connectivity index (χ1n) is 5.62. The van der Waals surface area contributed by atoms with Gasteiger partial charge in [0.2, 0.25) is 5.91 Å². The van der Waals surface area contributed by atoms with E-state index >= 15 is 0 Å². The first-order valence-corrected chi connectivity index (χ1v) is 6.94. The van der Waals surface area contributed by atoms with Crippen molar-refractivity contribution in [3.8, 4) is 0 Å². The van der Waals surface area contributed by atoms with Gasteiger partial charge in [0, 0.05) is 18.0 Å². The van der Waals surface area contributed by atoms with Gasteiger partial charge in [0.05, 0.1) is 24.0 Å². The first-order chi connectivity index (χ1) is 8.69. The maximum absolute atomic E-state index is 11.9. The van der Waals surface area contributed by atoms with E-state index < -0.39 is 10.8 Å². The van der Waals surface area contributed by atoms with E-state index in [-0.39, 0.29) is 38.0 Å². The predicted molar refractivity (Wildman–Crippen MR) is 68.5 cm³/mol. The summed E-state index contributed by atoms with van der Waals surface area (Å²) < 4.78 is 11.9. The van der Waals surface area contributed by atoms with Crippen LogP contribution in [-0.2, 0) is 15.6 Å². The van der Waals surface area contributed by atoms with Gasteiger partial charge in [-0.25, -0.2) is 0 Å². The largest absolute Gasteiger partial charge is 0.395 e. The van der Waals surface area contributed by atoms with Crippen LogP contribution in [0.5, 0.6) is 0 Å². The second-order valence-corrected chi connectivity index (χ2v) is 5.08. The molecule has 0 aliphatic heterocycles. The molecule has 1 unspecified atom stereocenters. The molecule has 18 heavy (non-hydrogen) atoms. The lowest BCUT2D eigenvalue weighted by atomic mass is 10.4. The smallest absolute Gasteiger partial charge is 0.235 e. The monoisotopic (exact) mass is 271 g/mol. The van der Waals surface area contributed by atoms with E-state index in [1.54, 1.807) is 24.3 Å². The topological polar surface area (TPSA) is 77.8 Å². The molecule has 0 aliphatic rings. The van der Waals surface area contributed by atoms with Crippen LogP contribution >= 0.6 is 0 Å². The molecular formula is C12H17NO4S. The number of carbonyl (C=O) groups excluding carboxylic acids is 1. The third-order valence-corrected chi connectivity index (χ3v) is 3.66. The average molecular weight is 271 g/mol. The van der Waals surface area contributed by atoms with Gasteiger partial charge < -0.3 is 15.1 Å². The Morgan fingerprint density at radius 3 is 2.17 bits per heavy atom. The maximum atomic E-state index is 11.9. The number of aliphatic hydroxyl groups excluding tert-OH is 2. The van der Waals surface area contributed by atoms with Crippen molar-refractivity contribution < 1.29 is 19.2 Å². The molecule has 0 bridgehead atoms. The van der Waals surface area contributed by atoms with Gasteiger partial charge in [-0.15, -0.1) is 0 Å². The van der Waals surface area contributed by atoms with Crippen molar-refractivity contribution in [1.29, 1.82) is 0 Å². The number of amides is 1. The van der Waals surface area contributed by atoms with Crippen molar-refractivity contribution in [3.05, 3.63) is 30.3 Å². The minimum Gasteiger partial charge on any atom is -0.395 e. The summed E-state index contributed by atoms with van der Waals surface area (Å²) in [5, 5.41) is 17.6. The van der Waals surface area contributed by atoms with Crippen LogP contribution < -0.4 is 0 Å². The van der Waals surface area contributed by atoms with Crippen molar-refractivity contribution in [3.63, 3.8) is 0 Å². The quantitative estimate of drug-likeness (QED) is 0.708. The summed E-state index contributed by atoms with van der Waals surface area (Å²) in [6.07, 6.45) is 0. The summed E-state index contributed by atoms with van der Waals surface area (Å²) in [7, 11) is -1.40. The van der Waals surface area contributed by atoms with E-state index in [1.807, 2.05) is 6.07 Å². The van der Waals surface area contributed by atoms with Gasteiger partial charge in [-0.3, -0.25) is 9.00 Å². The Balaban J connectivity index is 2.60. The summed E-state index contributed by atoms with van der Waals surface area (Å²) in [6.45, 7) is -0.0653. The molecule has 0 saturated heterocycles. The van der Waals surface area contributed by atoms with Gasteiger partial charge in [-0.1, -0.05) is 18.2 Å². The molecule has 0 radical (unpaired) electrons.